The van der Waals surface area contributed by atoms with E-state index in [1.54, 1.807) is 0 Å². The molecule has 0 saturated heterocycles. The van der Waals surface area contributed by atoms with E-state index in [1.807, 2.05) is 0 Å². The largest absolute Gasteiger partial charge is 0.311 e. The van der Waals surface area contributed by atoms with Gasteiger partial charge >= 0.3 is 0 Å². The van der Waals surface area contributed by atoms with Gasteiger partial charge in [0.1, 0.15) is 0 Å². The summed E-state index contributed by atoms with van der Waals surface area (Å²) in [5.74, 6) is 0. The molecule has 10 aromatic carbocycles. The van der Waals surface area contributed by atoms with Crippen LogP contribution in [0.4, 0.5) is 51.2 Å². The zero-order valence-electron chi connectivity index (χ0n) is 38.6. The Morgan fingerprint density at radius 3 is 1.62 bits per heavy atom. The van der Waals surface area contributed by atoms with Crippen LogP contribution in [0.1, 0.15) is 27.8 Å². The number of rotatable bonds is 9. The van der Waals surface area contributed by atoms with Gasteiger partial charge in [-0.25, -0.2) is 0 Å². The first kappa shape index (κ1) is 41.1. The van der Waals surface area contributed by atoms with Gasteiger partial charge in [-0.05, 0) is 174 Å². The van der Waals surface area contributed by atoms with Gasteiger partial charge in [0, 0.05) is 51.2 Å². The molecule has 0 N–H and O–H groups in total. The molecule has 3 nitrogen and oxygen atoms in total. The number of fused-ring (bicyclic) bond motifs is 4. The Labute approximate surface area is 400 Å². The Balaban J connectivity index is 1.03. The van der Waals surface area contributed by atoms with Crippen molar-refractivity contribution in [2.45, 2.75) is 27.2 Å². The summed E-state index contributed by atoms with van der Waals surface area (Å²) in [7, 11) is 0. The number of hydrogen-bond acceptors (Lipinski definition) is 3. The fourth-order valence-corrected chi connectivity index (χ4v) is 10.7. The predicted octanol–water partition coefficient (Wildman–Crippen LogP) is 15.1. The van der Waals surface area contributed by atoms with Gasteiger partial charge < -0.3 is 14.7 Å². The quantitative estimate of drug-likeness (QED) is 0.134. The lowest BCUT2D eigenvalue weighted by Gasteiger charge is -2.41. The van der Waals surface area contributed by atoms with Gasteiger partial charge in [0.15, 0.2) is 0 Å². The highest BCUT2D eigenvalue weighted by molar-refractivity contribution is 6.98. The van der Waals surface area contributed by atoms with E-state index in [1.165, 1.54) is 77.8 Å². The standard InChI is InChI=1S/C64H50BN3/c1-44-26-31-54(32-27-44)68-62-25-15-19-49-40-50-41-55(36-38-60(50)65(64(49)62)61-39-37-57(43-63(61)68)66(51-20-9-5-10-21-51)52-22-11-6-12-23-52)67(53-34-29-48(30-35-53)47-17-7-4-8-18-47)56-33-28-46(3)59(42-56)58-24-14-13-16-45(58)2/h4-39,41-43H,40H2,1-3H3. The van der Waals surface area contributed by atoms with E-state index in [0.717, 1.165) is 46.2 Å². The predicted molar refractivity (Wildman–Crippen MR) is 289 cm³/mol. The summed E-state index contributed by atoms with van der Waals surface area (Å²) in [6, 6.07) is 87.2. The zero-order chi connectivity index (χ0) is 45.7. The fraction of sp³-hybridized carbons (Fsp3) is 0.0625. The Morgan fingerprint density at radius 2 is 0.912 bits per heavy atom. The molecule has 4 heteroatoms. The van der Waals surface area contributed by atoms with Gasteiger partial charge in [0.2, 0.25) is 6.71 Å². The molecule has 2 aliphatic rings. The molecule has 0 spiro atoms. The molecule has 12 rings (SSSR count). The Bertz CT molecular complexity index is 3420. The van der Waals surface area contributed by atoms with Crippen LogP contribution in [0.5, 0.6) is 0 Å². The molecule has 324 valence electrons. The van der Waals surface area contributed by atoms with Gasteiger partial charge in [-0.1, -0.05) is 157 Å². The molecule has 0 atom stereocenters. The molecule has 0 unspecified atom stereocenters. The van der Waals surface area contributed by atoms with Crippen molar-refractivity contribution in [3.63, 3.8) is 0 Å². The van der Waals surface area contributed by atoms with Crippen LogP contribution in [0.2, 0.25) is 0 Å². The van der Waals surface area contributed by atoms with Crippen molar-refractivity contribution in [2.75, 3.05) is 14.7 Å². The minimum Gasteiger partial charge on any atom is -0.311 e. The monoisotopic (exact) mass is 871 g/mol. The van der Waals surface area contributed by atoms with Gasteiger partial charge in [0.05, 0.1) is 0 Å². The van der Waals surface area contributed by atoms with E-state index in [-0.39, 0.29) is 6.71 Å². The molecule has 0 radical (unpaired) electrons. The Morgan fingerprint density at radius 1 is 0.368 bits per heavy atom. The fourth-order valence-electron chi connectivity index (χ4n) is 10.7. The lowest BCUT2D eigenvalue weighted by molar-refractivity contribution is 1.17. The molecule has 2 heterocycles. The van der Waals surface area contributed by atoms with Crippen LogP contribution < -0.4 is 31.1 Å². The molecular formula is C64H50BN3. The first-order valence-corrected chi connectivity index (χ1v) is 23.7. The number of benzene rings is 10. The average molecular weight is 872 g/mol. The van der Waals surface area contributed by atoms with Gasteiger partial charge in [-0.2, -0.15) is 0 Å². The maximum atomic E-state index is 2.51. The Hall–Kier alpha value is -8.34. The minimum atomic E-state index is 0.0530. The molecule has 0 bridgehead atoms. The van der Waals surface area contributed by atoms with Crippen LogP contribution in [-0.2, 0) is 6.42 Å². The first-order valence-electron chi connectivity index (χ1n) is 23.7. The summed E-state index contributed by atoms with van der Waals surface area (Å²) in [6.07, 6.45) is 0.844. The SMILES string of the molecule is Cc1ccc(N2c3cc(N(c4ccccc4)c4ccccc4)ccc3B3c4ccc(N(c5ccc(-c6ccccc6)cc5)c5ccc(C)c(-c6ccccc6C)c5)cc4Cc4cccc2c43)cc1. The van der Waals surface area contributed by atoms with Crippen LogP contribution in [0.25, 0.3) is 22.3 Å². The van der Waals surface area contributed by atoms with E-state index < -0.39 is 0 Å². The highest BCUT2D eigenvalue weighted by Gasteiger charge is 2.41. The maximum Gasteiger partial charge on any atom is 0.247 e. The van der Waals surface area contributed by atoms with E-state index in [4.69, 9.17) is 0 Å². The Kier molecular flexibility index (Phi) is 10.4. The molecule has 0 aromatic heterocycles. The topological polar surface area (TPSA) is 9.72 Å². The normalized spacial score (nSPS) is 12.2. The number of nitrogens with zero attached hydrogens (tertiary/aromatic N) is 3. The minimum absolute atomic E-state index is 0.0530. The van der Waals surface area contributed by atoms with Crippen LogP contribution in [0, 0.1) is 20.8 Å². The summed E-state index contributed by atoms with van der Waals surface area (Å²) < 4.78 is 0. The number of aryl methyl sites for hydroxylation is 3. The molecule has 0 amide bonds. The first-order chi connectivity index (χ1) is 33.5. The second kappa shape index (κ2) is 17.1. The van der Waals surface area contributed by atoms with Crippen molar-refractivity contribution >= 4 is 74.3 Å². The summed E-state index contributed by atoms with van der Waals surface area (Å²) in [6.45, 7) is 6.65. The van der Waals surface area contributed by atoms with Crippen molar-refractivity contribution in [1.29, 1.82) is 0 Å². The average Bonchev–Trinajstić information content (AvgIpc) is 3.38. The summed E-state index contributed by atoms with van der Waals surface area (Å²) >= 11 is 0. The third-order valence-corrected chi connectivity index (χ3v) is 14.1. The molecule has 68 heavy (non-hydrogen) atoms. The van der Waals surface area contributed by atoms with E-state index in [9.17, 15) is 0 Å². The third-order valence-electron chi connectivity index (χ3n) is 14.1. The second-order valence-corrected chi connectivity index (χ2v) is 18.3. The van der Waals surface area contributed by atoms with Gasteiger partial charge in [-0.3, -0.25) is 0 Å². The van der Waals surface area contributed by atoms with Crippen LogP contribution >= 0.6 is 0 Å². The van der Waals surface area contributed by atoms with E-state index >= 15 is 0 Å². The highest BCUT2D eigenvalue weighted by atomic mass is 15.2. The van der Waals surface area contributed by atoms with Gasteiger partial charge in [0.25, 0.3) is 0 Å². The molecule has 0 saturated carbocycles. The summed E-state index contributed by atoms with van der Waals surface area (Å²) in [5, 5.41) is 0. The van der Waals surface area contributed by atoms with Crippen molar-refractivity contribution in [3.8, 4) is 22.3 Å². The van der Waals surface area contributed by atoms with Crippen LogP contribution in [0.15, 0.2) is 237 Å². The lowest BCUT2D eigenvalue weighted by Crippen LogP contribution is -2.61. The van der Waals surface area contributed by atoms with E-state index in [0.29, 0.717) is 0 Å². The zero-order valence-corrected chi connectivity index (χ0v) is 38.6. The number of anilines is 9. The van der Waals surface area contributed by atoms with Crippen molar-refractivity contribution in [3.05, 3.63) is 264 Å². The van der Waals surface area contributed by atoms with E-state index in [2.05, 4.69) is 272 Å². The molecule has 10 aromatic rings. The second-order valence-electron chi connectivity index (χ2n) is 18.3. The number of hydrogen-bond donors (Lipinski definition) is 0. The smallest absolute Gasteiger partial charge is 0.247 e. The summed E-state index contributed by atoms with van der Waals surface area (Å²) in [4.78, 5) is 7.33. The molecule has 0 fully saturated rings. The maximum absolute atomic E-state index is 2.51. The van der Waals surface area contributed by atoms with Crippen LogP contribution in [-0.4, -0.2) is 6.71 Å². The number of para-hydroxylation sites is 2. The van der Waals surface area contributed by atoms with Crippen molar-refractivity contribution in [1.82, 2.24) is 0 Å². The van der Waals surface area contributed by atoms with Gasteiger partial charge in [-0.15, -0.1) is 0 Å². The van der Waals surface area contributed by atoms with Crippen molar-refractivity contribution < 1.29 is 0 Å². The highest BCUT2D eigenvalue weighted by Crippen LogP contribution is 2.44. The van der Waals surface area contributed by atoms with Crippen LogP contribution in [0.3, 0.4) is 0 Å². The summed E-state index contributed by atoms with van der Waals surface area (Å²) in [5.41, 5.74) is 25.8. The molecule has 2 aliphatic heterocycles. The molecule has 0 aliphatic carbocycles. The molecular weight excluding hydrogens is 822 g/mol. The lowest BCUT2D eigenvalue weighted by atomic mass is 9.32. The van der Waals surface area contributed by atoms with Crippen molar-refractivity contribution in [2.24, 2.45) is 0 Å². The third kappa shape index (κ3) is 7.26.